The van der Waals surface area contributed by atoms with E-state index >= 15 is 0 Å². The maximum absolute atomic E-state index is 11.9. The normalized spacial score (nSPS) is 10.7. The molecular formula is C14H21ClN2O2. The first kappa shape index (κ1) is 15.8. The highest BCUT2D eigenvalue weighted by atomic mass is 35.5. The van der Waals surface area contributed by atoms with E-state index in [4.69, 9.17) is 11.6 Å². The van der Waals surface area contributed by atoms with Crippen LogP contribution < -0.4 is 5.32 Å². The van der Waals surface area contributed by atoms with E-state index < -0.39 is 0 Å². The number of likely N-dealkylation sites (N-methyl/N-ethyl adjacent to an activating group) is 1. The Kier molecular flexibility index (Phi) is 6.67. The number of phenolic OH excluding ortho intramolecular Hbond substituents is 1. The van der Waals surface area contributed by atoms with Crippen LogP contribution >= 0.6 is 11.6 Å². The number of benzene rings is 1. The summed E-state index contributed by atoms with van der Waals surface area (Å²) in [5.41, 5.74) is 0.306. The molecule has 5 heteroatoms. The molecule has 0 aliphatic carbocycles. The highest BCUT2D eigenvalue weighted by Crippen LogP contribution is 2.20. The summed E-state index contributed by atoms with van der Waals surface area (Å²) < 4.78 is 0. The third-order valence-corrected chi connectivity index (χ3v) is 3.22. The average molecular weight is 285 g/mol. The Hall–Kier alpha value is -1.26. The van der Waals surface area contributed by atoms with Crippen molar-refractivity contribution in [2.24, 2.45) is 0 Å². The van der Waals surface area contributed by atoms with Crippen LogP contribution in [0.2, 0.25) is 5.02 Å². The highest BCUT2D eigenvalue weighted by Gasteiger charge is 2.11. The first-order chi connectivity index (χ1) is 9.08. The second-order valence-electron chi connectivity index (χ2n) is 4.35. The third-order valence-electron chi connectivity index (χ3n) is 2.90. The minimum absolute atomic E-state index is 0.0377. The number of carbonyl (C=O) groups excluding carboxylic acids is 1. The zero-order valence-electron chi connectivity index (χ0n) is 11.4. The molecule has 0 unspecified atom stereocenters. The van der Waals surface area contributed by atoms with E-state index in [9.17, 15) is 9.90 Å². The molecule has 1 aromatic rings. The molecule has 0 aliphatic rings. The van der Waals surface area contributed by atoms with Crippen molar-refractivity contribution < 1.29 is 9.90 Å². The van der Waals surface area contributed by atoms with Gasteiger partial charge in [0.1, 0.15) is 5.75 Å². The molecule has 0 heterocycles. The highest BCUT2D eigenvalue weighted by molar-refractivity contribution is 6.33. The van der Waals surface area contributed by atoms with Crippen molar-refractivity contribution in [2.75, 3.05) is 26.2 Å². The monoisotopic (exact) mass is 284 g/mol. The summed E-state index contributed by atoms with van der Waals surface area (Å²) in [5, 5.41) is 12.5. The SMILES string of the molecule is CCCN(CC)CCNC(=O)c1cc(O)ccc1Cl. The molecular weight excluding hydrogens is 264 g/mol. The van der Waals surface area contributed by atoms with Crippen molar-refractivity contribution in [2.45, 2.75) is 20.3 Å². The van der Waals surface area contributed by atoms with Crippen molar-refractivity contribution in [3.63, 3.8) is 0 Å². The van der Waals surface area contributed by atoms with E-state index in [1.165, 1.54) is 18.2 Å². The molecule has 0 saturated carbocycles. The zero-order chi connectivity index (χ0) is 14.3. The summed E-state index contributed by atoms with van der Waals surface area (Å²) in [6, 6.07) is 4.35. The lowest BCUT2D eigenvalue weighted by Gasteiger charge is -2.19. The Bertz CT molecular complexity index is 424. The molecule has 106 valence electrons. The van der Waals surface area contributed by atoms with E-state index in [1.54, 1.807) is 0 Å². The lowest BCUT2D eigenvalue weighted by Crippen LogP contribution is -2.35. The largest absolute Gasteiger partial charge is 0.508 e. The fourth-order valence-corrected chi connectivity index (χ4v) is 2.06. The Morgan fingerprint density at radius 2 is 2.11 bits per heavy atom. The minimum Gasteiger partial charge on any atom is -0.508 e. The smallest absolute Gasteiger partial charge is 0.252 e. The Balaban J connectivity index is 2.49. The van der Waals surface area contributed by atoms with E-state index in [1.807, 2.05) is 0 Å². The van der Waals surface area contributed by atoms with Gasteiger partial charge in [0.2, 0.25) is 0 Å². The number of hydrogen-bond acceptors (Lipinski definition) is 3. The van der Waals surface area contributed by atoms with Gasteiger partial charge in [-0.15, -0.1) is 0 Å². The Morgan fingerprint density at radius 3 is 2.74 bits per heavy atom. The molecule has 19 heavy (non-hydrogen) atoms. The number of phenols is 1. The zero-order valence-corrected chi connectivity index (χ0v) is 12.2. The standard InChI is InChI=1S/C14H21ClN2O2/c1-3-8-17(4-2)9-7-16-14(19)12-10-11(18)5-6-13(12)15/h5-6,10,18H,3-4,7-9H2,1-2H3,(H,16,19). The second kappa shape index (κ2) is 8.02. The molecule has 2 N–H and O–H groups in total. The number of carbonyl (C=O) groups is 1. The summed E-state index contributed by atoms with van der Waals surface area (Å²) in [6.07, 6.45) is 1.10. The van der Waals surface area contributed by atoms with Gasteiger partial charge in [-0.2, -0.15) is 0 Å². The first-order valence-corrected chi connectivity index (χ1v) is 6.95. The molecule has 1 aromatic carbocycles. The number of halogens is 1. The fraction of sp³-hybridized carbons (Fsp3) is 0.500. The Morgan fingerprint density at radius 1 is 1.37 bits per heavy atom. The van der Waals surface area contributed by atoms with Gasteiger partial charge in [0.25, 0.3) is 5.91 Å². The van der Waals surface area contributed by atoms with Gasteiger partial charge in [0, 0.05) is 13.1 Å². The van der Waals surface area contributed by atoms with Gasteiger partial charge in [-0.1, -0.05) is 25.4 Å². The molecule has 0 spiro atoms. The van der Waals surface area contributed by atoms with Crippen LogP contribution in [-0.2, 0) is 0 Å². The number of hydrogen-bond donors (Lipinski definition) is 2. The first-order valence-electron chi connectivity index (χ1n) is 6.57. The molecule has 4 nitrogen and oxygen atoms in total. The molecule has 0 fully saturated rings. The molecule has 0 aliphatic heterocycles. The van der Waals surface area contributed by atoms with Crippen LogP contribution in [0.5, 0.6) is 5.75 Å². The van der Waals surface area contributed by atoms with Crippen LogP contribution in [0.15, 0.2) is 18.2 Å². The van der Waals surface area contributed by atoms with Crippen molar-refractivity contribution in [3.05, 3.63) is 28.8 Å². The molecule has 0 aromatic heterocycles. The minimum atomic E-state index is -0.256. The second-order valence-corrected chi connectivity index (χ2v) is 4.76. The molecule has 1 rings (SSSR count). The number of nitrogens with zero attached hydrogens (tertiary/aromatic N) is 1. The third kappa shape index (κ3) is 5.09. The molecule has 0 radical (unpaired) electrons. The predicted molar refractivity (Wildman–Crippen MR) is 77.9 cm³/mol. The maximum atomic E-state index is 11.9. The van der Waals surface area contributed by atoms with Gasteiger partial charge in [-0.3, -0.25) is 4.79 Å². The summed E-state index contributed by atoms with van der Waals surface area (Å²) in [7, 11) is 0. The van der Waals surface area contributed by atoms with Crippen LogP contribution in [0, 0.1) is 0 Å². The summed E-state index contributed by atoms with van der Waals surface area (Å²) in [5.74, 6) is -0.218. The lowest BCUT2D eigenvalue weighted by atomic mass is 10.2. The Labute approximate surface area is 119 Å². The van der Waals surface area contributed by atoms with Gasteiger partial charge in [0.05, 0.1) is 10.6 Å². The summed E-state index contributed by atoms with van der Waals surface area (Å²) in [6.45, 7) is 7.61. The van der Waals surface area contributed by atoms with Crippen LogP contribution in [0.1, 0.15) is 30.6 Å². The van der Waals surface area contributed by atoms with E-state index in [0.717, 1.165) is 26.1 Å². The molecule has 0 bridgehead atoms. The molecule has 0 atom stereocenters. The van der Waals surface area contributed by atoms with Crippen molar-refractivity contribution in [1.29, 1.82) is 0 Å². The summed E-state index contributed by atoms with van der Waals surface area (Å²) >= 11 is 5.93. The fourth-order valence-electron chi connectivity index (χ4n) is 1.85. The van der Waals surface area contributed by atoms with Crippen molar-refractivity contribution >= 4 is 17.5 Å². The molecule has 0 saturated heterocycles. The molecule has 1 amide bonds. The number of amides is 1. The van der Waals surface area contributed by atoms with Gasteiger partial charge in [0.15, 0.2) is 0 Å². The lowest BCUT2D eigenvalue weighted by molar-refractivity contribution is 0.0948. The topological polar surface area (TPSA) is 52.6 Å². The van der Waals surface area contributed by atoms with E-state index in [2.05, 4.69) is 24.1 Å². The number of rotatable bonds is 7. The van der Waals surface area contributed by atoms with E-state index in [-0.39, 0.29) is 11.7 Å². The number of aromatic hydroxyl groups is 1. The van der Waals surface area contributed by atoms with E-state index in [0.29, 0.717) is 17.1 Å². The van der Waals surface area contributed by atoms with Crippen LogP contribution in [0.4, 0.5) is 0 Å². The van der Waals surface area contributed by atoms with Crippen LogP contribution in [0.3, 0.4) is 0 Å². The quantitative estimate of drug-likeness (QED) is 0.809. The van der Waals surface area contributed by atoms with Gasteiger partial charge >= 0.3 is 0 Å². The number of nitrogens with one attached hydrogen (secondary N) is 1. The average Bonchev–Trinajstić information content (AvgIpc) is 2.40. The van der Waals surface area contributed by atoms with Gasteiger partial charge < -0.3 is 15.3 Å². The van der Waals surface area contributed by atoms with Crippen LogP contribution in [0.25, 0.3) is 0 Å². The maximum Gasteiger partial charge on any atom is 0.252 e. The van der Waals surface area contributed by atoms with Crippen LogP contribution in [-0.4, -0.2) is 42.1 Å². The van der Waals surface area contributed by atoms with Crippen molar-refractivity contribution in [3.8, 4) is 5.75 Å². The van der Waals surface area contributed by atoms with Gasteiger partial charge in [-0.05, 0) is 37.7 Å². The predicted octanol–water partition coefficient (Wildman–Crippen LogP) is 2.51. The van der Waals surface area contributed by atoms with Gasteiger partial charge in [-0.25, -0.2) is 0 Å². The van der Waals surface area contributed by atoms with Crippen molar-refractivity contribution in [1.82, 2.24) is 10.2 Å². The summed E-state index contributed by atoms with van der Waals surface area (Å²) in [4.78, 5) is 14.2.